The van der Waals surface area contributed by atoms with Gasteiger partial charge < -0.3 is 10.1 Å². The molecule has 0 amide bonds. The van der Waals surface area contributed by atoms with Gasteiger partial charge in [0.2, 0.25) is 0 Å². The van der Waals surface area contributed by atoms with Crippen LogP contribution in [0.5, 0.6) is 0 Å². The van der Waals surface area contributed by atoms with E-state index in [0.29, 0.717) is 0 Å². The van der Waals surface area contributed by atoms with Gasteiger partial charge in [0.1, 0.15) is 4.47 Å². The lowest BCUT2D eigenvalue weighted by Gasteiger charge is -1.95. The Bertz CT molecular complexity index is 382. The highest BCUT2D eigenvalue weighted by atomic mass is 79.9. The topological polar surface area (TPSA) is 73.1 Å². The molecule has 1 aromatic heterocycles. The summed E-state index contributed by atoms with van der Waals surface area (Å²) in [5, 5.41) is 9.59. The fourth-order valence-electron chi connectivity index (χ4n) is 0.673. The Labute approximate surface area is 86.0 Å². The first-order valence-electron chi connectivity index (χ1n) is 3.02. The molecule has 0 spiro atoms. The van der Waals surface area contributed by atoms with Gasteiger partial charge in [-0.3, -0.25) is 4.79 Å². The van der Waals surface area contributed by atoms with Crippen molar-refractivity contribution < 1.29 is 9.72 Å². The zero-order valence-corrected chi connectivity index (χ0v) is 8.37. The number of rotatable bonds is 2. The Morgan fingerprint density at radius 3 is 2.69 bits per heavy atom. The molecule has 0 radical (unpaired) electrons. The van der Waals surface area contributed by atoms with E-state index in [-0.39, 0.29) is 15.9 Å². The maximum Gasteiger partial charge on any atom is 0.377 e. The number of pyridine rings is 1. The van der Waals surface area contributed by atoms with Crippen molar-refractivity contribution in [3.8, 4) is 0 Å². The minimum atomic E-state index is -0.705. The first-order chi connectivity index (χ1) is 6.02. The van der Waals surface area contributed by atoms with Gasteiger partial charge in [-0.05, 0) is 43.5 Å². The van der Waals surface area contributed by atoms with E-state index in [1.165, 1.54) is 6.07 Å². The standard InChI is InChI=1S/C6H2BrClN2O3/c7-4-1-3(5(8)11)2-9-6(4)10(12)13/h1-2H. The summed E-state index contributed by atoms with van der Waals surface area (Å²) in [6, 6.07) is 1.25. The molecule has 0 saturated carbocycles. The summed E-state index contributed by atoms with van der Waals surface area (Å²) in [6.45, 7) is 0. The third kappa shape index (κ3) is 2.22. The first kappa shape index (κ1) is 10.1. The summed E-state index contributed by atoms with van der Waals surface area (Å²) >= 11 is 8.04. The minimum absolute atomic E-state index is 0.110. The van der Waals surface area contributed by atoms with Gasteiger partial charge in [0.15, 0.2) is 6.20 Å². The Balaban J connectivity index is 3.20. The third-order valence-electron chi connectivity index (χ3n) is 1.22. The number of aromatic nitrogens is 1. The van der Waals surface area contributed by atoms with Crippen LogP contribution in [0.2, 0.25) is 0 Å². The van der Waals surface area contributed by atoms with Crippen molar-refractivity contribution in [1.82, 2.24) is 4.98 Å². The lowest BCUT2D eigenvalue weighted by molar-refractivity contribution is -0.390. The van der Waals surface area contributed by atoms with Crippen LogP contribution in [0.15, 0.2) is 16.7 Å². The first-order valence-corrected chi connectivity index (χ1v) is 4.19. The van der Waals surface area contributed by atoms with Gasteiger partial charge >= 0.3 is 5.82 Å². The fraction of sp³-hybridized carbons (Fsp3) is 0. The maximum atomic E-state index is 10.6. The van der Waals surface area contributed by atoms with Crippen molar-refractivity contribution in [3.05, 3.63) is 32.4 Å². The van der Waals surface area contributed by atoms with E-state index >= 15 is 0 Å². The van der Waals surface area contributed by atoms with E-state index in [0.717, 1.165) is 6.20 Å². The van der Waals surface area contributed by atoms with Gasteiger partial charge in [-0.1, -0.05) is 0 Å². The molecule has 7 heteroatoms. The highest BCUT2D eigenvalue weighted by Crippen LogP contribution is 2.23. The van der Waals surface area contributed by atoms with Crippen LogP contribution in [-0.2, 0) is 0 Å². The highest BCUT2D eigenvalue weighted by Gasteiger charge is 2.15. The number of nitro groups is 1. The Morgan fingerprint density at radius 2 is 2.31 bits per heavy atom. The average Bonchev–Trinajstić information content (AvgIpc) is 2.03. The number of nitrogens with zero attached hydrogens (tertiary/aromatic N) is 2. The smallest absolute Gasteiger partial charge is 0.358 e. The summed E-state index contributed by atoms with van der Waals surface area (Å²) in [7, 11) is 0. The maximum absolute atomic E-state index is 10.6. The number of carbonyl (C=O) groups excluding carboxylic acids is 1. The summed E-state index contributed by atoms with van der Waals surface area (Å²) in [4.78, 5) is 23.7. The Morgan fingerprint density at radius 1 is 1.69 bits per heavy atom. The van der Waals surface area contributed by atoms with Gasteiger partial charge in [-0.2, -0.15) is 0 Å². The largest absolute Gasteiger partial charge is 0.377 e. The van der Waals surface area contributed by atoms with Crippen LogP contribution in [0.1, 0.15) is 10.4 Å². The van der Waals surface area contributed by atoms with Crippen LogP contribution < -0.4 is 0 Å². The van der Waals surface area contributed by atoms with E-state index in [4.69, 9.17) is 11.6 Å². The lowest BCUT2D eigenvalue weighted by atomic mass is 10.3. The number of hydrogen-bond acceptors (Lipinski definition) is 4. The normalized spacial score (nSPS) is 9.69. The summed E-state index contributed by atoms with van der Waals surface area (Å²) < 4.78 is 0.129. The average molecular weight is 265 g/mol. The number of halogens is 2. The summed E-state index contributed by atoms with van der Waals surface area (Å²) in [6.07, 6.45) is 1.05. The van der Waals surface area contributed by atoms with E-state index in [1.54, 1.807) is 0 Å². The minimum Gasteiger partial charge on any atom is -0.358 e. The third-order valence-corrected chi connectivity index (χ3v) is 2.02. The molecule has 1 heterocycles. The monoisotopic (exact) mass is 264 g/mol. The summed E-state index contributed by atoms with van der Waals surface area (Å²) in [5.74, 6) is -0.346. The van der Waals surface area contributed by atoms with E-state index in [1.807, 2.05) is 0 Å². The summed E-state index contributed by atoms with van der Waals surface area (Å²) in [5.41, 5.74) is 0.110. The molecular weight excluding hydrogens is 263 g/mol. The number of hydrogen-bond donors (Lipinski definition) is 0. The zero-order valence-electron chi connectivity index (χ0n) is 6.03. The van der Waals surface area contributed by atoms with Crippen LogP contribution in [-0.4, -0.2) is 15.1 Å². The predicted molar refractivity (Wildman–Crippen MR) is 48.8 cm³/mol. The molecule has 68 valence electrons. The molecule has 1 rings (SSSR count). The molecule has 0 bridgehead atoms. The molecule has 5 nitrogen and oxygen atoms in total. The Hall–Kier alpha value is -1.01. The van der Waals surface area contributed by atoms with Gasteiger partial charge in [0, 0.05) is 0 Å². The van der Waals surface area contributed by atoms with Crippen molar-refractivity contribution >= 4 is 38.6 Å². The van der Waals surface area contributed by atoms with Crippen molar-refractivity contribution in [2.45, 2.75) is 0 Å². The predicted octanol–water partition coefficient (Wildman–Crippen LogP) is 2.13. The van der Waals surface area contributed by atoms with Crippen LogP contribution in [0.25, 0.3) is 0 Å². The molecule has 0 N–H and O–H groups in total. The van der Waals surface area contributed by atoms with E-state index in [2.05, 4.69) is 20.9 Å². The van der Waals surface area contributed by atoms with Crippen LogP contribution in [0.4, 0.5) is 5.82 Å². The molecule has 0 saturated heterocycles. The van der Waals surface area contributed by atoms with Crippen LogP contribution in [0, 0.1) is 10.1 Å². The zero-order chi connectivity index (χ0) is 10.0. The van der Waals surface area contributed by atoms with Gasteiger partial charge in [-0.25, -0.2) is 0 Å². The van der Waals surface area contributed by atoms with Crippen molar-refractivity contribution in [3.63, 3.8) is 0 Å². The SMILES string of the molecule is O=C(Cl)c1cnc([N+](=O)[O-])c(Br)c1. The molecule has 0 unspecified atom stereocenters. The quantitative estimate of drug-likeness (QED) is 0.466. The molecule has 0 atom stereocenters. The molecule has 13 heavy (non-hydrogen) atoms. The van der Waals surface area contributed by atoms with E-state index < -0.39 is 10.2 Å². The molecular formula is C6H2BrClN2O3. The number of carbonyl (C=O) groups is 1. The second-order valence-corrected chi connectivity index (χ2v) is 3.26. The highest BCUT2D eigenvalue weighted by molar-refractivity contribution is 9.10. The van der Waals surface area contributed by atoms with Crippen LogP contribution in [0.3, 0.4) is 0 Å². The van der Waals surface area contributed by atoms with Gasteiger partial charge in [-0.15, -0.1) is 0 Å². The van der Waals surface area contributed by atoms with Crippen LogP contribution >= 0.6 is 27.5 Å². The molecule has 0 aliphatic heterocycles. The molecule has 0 aliphatic rings. The fourth-order valence-corrected chi connectivity index (χ4v) is 1.27. The molecule has 0 aromatic carbocycles. The lowest BCUT2D eigenvalue weighted by Crippen LogP contribution is -1.96. The molecule has 0 aliphatic carbocycles. The second-order valence-electron chi connectivity index (χ2n) is 2.06. The second kappa shape index (κ2) is 3.80. The molecule has 1 aromatic rings. The van der Waals surface area contributed by atoms with Gasteiger partial charge in [0.05, 0.1) is 5.56 Å². The van der Waals surface area contributed by atoms with Crippen molar-refractivity contribution in [2.75, 3.05) is 0 Å². The van der Waals surface area contributed by atoms with E-state index in [9.17, 15) is 14.9 Å². The Kier molecular flexibility index (Phi) is 2.94. The van der Waals surface area contributed by atoms with Crippen molar-refractivity contribution in [2.24, 2.45) is 0 Å². The van der Waals surface area contributed by atoms with Gasteiger partial charge in [0.25, 0.3) is 5.24 Å². The van der Waals surface area contributed by atoms with Crippen molar-refractivity contribution in [1.29, 1.82) is 0 Å². The molecule has 0 fully saturated rings.